The van der Waals surface area contributed by atoms with Crippen LogP contribution in [0, 0.1) is 17.2 Å². The van der Waals surface area contributed by atoms with E-state index in [0.29, 0.717) is 24.6 Å². The highest BCUT2D eigenvalue weighted by Crippen LogP contribution is 2.23. The van der Waals surface area contributed by atoms with E-state index >= 15 is 0 Å². The number of nitrogens with zero attached hydrogens (tertiary/aromatic N) is 5. The molecule has 1 aromatic heterocycles. The standard InChI is InChI=1S/C21H25N5O/c1-2-12-25(15-18-8-6-17(14-22)7-9-18)20(27)19-5-3-13-26(16-19)21-23-10-4-11-24-21/h4,6-11,19H,2-3,5,12-13,15-16H2,1H3. The summed E-state index contributed by atoms with van der Waals surface area (Å²) in [6.45, 7) is 4.95. The highest BCUT2D eigenvalue weighted by Gasteiger charge is 2.30. The molecular weight excluding hydrogens is 338 g/mol. The van der Waals surface area contributed by atoms with Gasteiger partial charge in [0.05, 0.1) is 17.6 Å². The Morgan fingerprint density at radius 2 is 2.04 bits per heavy atom. The lowest BCUT2D eigenvalue weighted by Gasteiger charge is -2.35. The van der Waals surface area contributed by atoms with Crippen molar-refractivity contribution in [3.05, 3.63) is 53.9 Å². The highest BCUT2D eigenvalue weighted by atomic mass is 16.2. The SMILES string of the molecule is CCCN(Cc1ccc(C#N)cc1)C(=O)C1CCCN(c2ncccn2)C1. The van der Waals surface area contributed by atoms with Crippen molar-refractivity contribution in [1.29, 1.82) is 5.26 Å². The maximum absolute atomic E-state index is 13.2. The fourth-order valence-corrected chi connectivity index (χ4v) is 3.52. The second-order valence-electron chi connectivity index (χ2n) is 6.90. The van der Waals surface area contributed by atoms with Crippen molar-refractivity contribution >= 4 is 11.9 Å². The molecule has 0 radical (unpaired) electrons. The van der Waals surface area contributed by atoms with E-state index in [0.717, 1.165) is 37.9 Å². The van der Waals surface area contributed by atoms with Crippen LogP contribution in [0.25, 0.3) is 0 Å². The highest BCUT2D eigenvalue weighted by molar-refractivity contribution is 5.79. The summed E-state index contributed by atoms with van der Waals surface area (Å²) in [4.78, 5) is 25.9. The third-order valence-corrected chi connectivity index (χ3v) is 4.87. The summed E-state index contributed by atoms with van der Waals surface area (Å²) in [5.41, 5.74) is 1.69. The molecule has 1 atom stereocenters. The van der Waals surface area contributed by atoms with Crippen molar-refractivity contribution in [3.8, 4) is 6.07 Å². The molecule has 1 saturated heterocycles. The van der Waals surface area contributed by atoms with Crippen molar-refractivity contribution < 1.29 is 4.79 Å². The average molecular weight is 363 g/mol. The van der Waals surface area contributed by atoms with Crippen molar-refractivity contribution in [3.63, 3.8) is 0 Å². The minimum Gasteiger partial charge on any atom is -0.340 e. The number of carbonyl (C=O) groups excluding carboxylic acids is 1. The van der Waals surface area contributed by atoms with Gasteiger partial charge in [-0.05, 0) is 43.0 Å². The molecule has 1 aromatic carbocycles. The fourth-order valence-electron chi connectivity index (χ4n) is 3.52. The molecule has 2 heterocycles. The zero-order chi connectivity index (χ0) is 19.1. The monoisotopic (exact) mass is 363 g/mol. The molecule has 1 unspecified atom stereocenters. The van der Waals surface area contributed by atoms with Gasteiger partial charge in [-0.3, -0.25) is 4.79 Å². The molecule has 1 fully saturated rings. The molecule has 140 valence electrons. The minimum absolute atomic E-state index is 0.0347. The molecule has 6 nitrogen and oxygen atoms in total. The Morgan fingerprint density at radius 3 is 2.70 bits per heavy atom. The lowest BCUT2D eigenvalue weighted by molar-refractivity contribution is -0.136. The summed E-state index contributed by atoms with van der Waals surface area (Å²) >= 11 is 0. The number of amides is 1. The molecule has 0 spiro atoms. The topological polar surface area (TPSA) is 73.1 Å². The van der Waals surface area contributed by atoms with Crippen LogP contribution in [-0.4, -0.2) is 40.4 Å². The fraction of sp³-hybridized carbons (Fsp3) is 0.429. The van der Waals surface area contributed by atoms with Crippen molar-refractivity contribution in [2.45, 2.75) is 32.7 Å². The number of carbonyl (C=O) groups is 1. The third kappa shape index (κ3) is 4.82. The summed E-state index contributed by atoms with van der Waals surface area (Å²) < 4.78 is 0. The zero-order valence-corrected chi connectivity index (χ0v) is 15.7. The Balaban J connectivity index is 1.69. The molecule has 1 aliphatic rings. The number of hydrogen-bond acceptors (Lipinski definition) is 5. The quantitative estimate of drug-likeness (QED) is 0.789. The number of aromatic nitrogens is 2. The Morgan fingerprint density at radius 1 is 1.30 bits per heavy atom. The van der Waals surface area contributed by atoms with Crippen LogP contribution in [0.5, 0.6) is 0 Å². The predicted molar refractivity (Wildman–Crippen MR) is 104 cm³/mol. The number of anilines is 1. The second-order valence-corrected chi connectivity index (χ2v) is 6.90. The average Bonchev–Trinajstić information content (AvgIpc) is 2.74. The molecule has 0 aliphatic carbocycles. The lowest BCUT2D eigenvalue weighted by Crippen LogP contribution is -2.45. The van der Waals surface area contributed by atoms with Crippen LogP contribution in [-0.2, 0) is 11.3 Å². The van der Waals surface area contributed by atoms with Crippen molar-refractivity contribution in [1.82, 2.24) is 14.9 Å². The van der Waals surface area contributed by atoms with Gasteiger partial charge in [0.25, 0.3) is 0 Å². The van der Waals surface area contributed by atoms with E-state index in [2.05, 4.69) is 27.9 Å². The van der Waals surface area contributed by atoms with Crippen molar-refractivity contribution in [2.75, 3.05) is 24.5 Å². The van der Waals surface area contributed by atoms with Crippen LogP contribution in [0.15, 0.2) is 42.7 Å². The maximum Gasteiger partial charge on any atom is 0.227 e. The molecular formula is C21H25N5O. The zero-order valence-electron chi connectivity index (χ0n) is 15.7. The van der Waals surface area contributed by atoms with Crippen LogP contribution < -0.4 is 4.90 Å². The Hall–Kier alpha value is -2.94. The maximum atomic E-state index is 13.2. The van der Waals surface area contributed by atoms with Gasteiger partial charge in [0.1, 0.15) is 0 Å². The number of piperidine rings is 1. The Bertz CT molecular complexity index is 784. The molecule has 3 rings (SSSR count). The van der Waals surface area contributed by atoms with Crippen molar-refractivity contribution in [2.24, 2.45) is 5.92 Å². The van der Waals surface area contributed by atoms with E-state index in [1.165, 1.54) is 0 Å². The molecule has 0 bridgehead atoms. The second kappa shape index (κ2) is 9.13. The third-order valence-electron chi connectivity index (χ3n) is 4.87. The number of hydrogen-bond donors (Lipinski definition) is 0. The van der Waals surface area contributed by atoms with Gasteiger partial charge >= 0.3 is 0 Å². The van der Waals surface area contributed by atoms with Gasteiger partial charge in [0.2, 0.25) is 11.9 Å². The number of nitriles is 1. The number of benzene rings is 1. The largest absolute Gasteiger partial charge is 0.340 e. The van der Waals surface area contributed by atoms with Gasteiger partial charge in [-0.1, -0.05) is 19.1 Å². The van der Waals surface area contributed by atoms with Gasteiger partial charge in [0, 0.05) is 38.6 Å². The Kier molecular flexibility index (Phi) is 6.37. The Labute approximate surface area is 160 Å². The van der Waals surface area contributed by atoms with E-state index in [-0.39, 0.29) is 11.8 Å². The van der Waals surface area contributed by atoms with Gasteiger partial charge in [-0.25, -0.2) is 9.97 Å². The summed E-state index contributed by atoms with van der Waals surface area (Å²) in [5, 5.41) is 8.94. The molecule has 0 saturated carbocycles. The molecule has 1 aliphatic heterocycles. The molecule has 1 amide bonds. The molecule has 6 heteroatoms. The van der Waals surface area contributed by atoms with Crippen LogP contribution >= 0.6 is 0 Å². The predicted octanol–water partition coefficient (Wildman–Crippen LogP) is 3.00. The smallest absolute Gasteiger partial charge is 0.227 e. The van der Waals surface area contributed by atoms with Crippen LogP contribution in [0.3, 0.4) is 0 Å². The van der Waals surface area contributed by atoms with E-state index in [9.17, 15) is 4.79 Å². The summed E-state index contributed by atoms with van der Waals surface area (Å²) in [7, 11) is 0. The normalized spacial score (nSPS) is 16.6. The molecule has 27 heavy (non-hydrogen) atoms. The van der Waals surface area contributed by atoms with Gasteiger partial charge in [0.15, 0.2) is 0 Å². The van der Waals surface area contributed by atoms with Crippen LogP contribution in [0.4, 0.5) is 5.95 Å². The van der Waals surface area contributed by atoms with Gasteiger partial charge in [-0.15, -0.1) is 0 Å². The first-order chi connectivity index (χ1) is 13.2. The lowest BCUT2D eigenvalue weighted by atomic mass is 9.96. The summed E-state index contributed by atoms with van der Waals surface area (Å²) in [6.07, 6.45) is 6.26. The first-order valence-corrected chi connectivity index (χ1v) is 9.51. The van der Waals surface area contributed by atoms with E-state index in [1.807, 2.05) is 17.0 Å². The van der Waals surface area contributed by atoms with E-state index in [4.69, 9.17) is 5.26 Å². The number of rotatable bonds is 6. The molecule has 2 aromatic rings. The molecule has 0 N–H and O–H groups in total. The van der Waals surface area contributed by atoms with Crippen LogP contribution in [0.2, 0.25) is 0 Å². The summed E-state index contributed by atoms with van der Waals surface area (Å²) in [6, 6.07) is 11.4. The first kappa shape index (κ1) is 18.8. The van der Waals surface area contributed by atoms with E-state index < -0.39 is 0 Å². The van der Waals surface area contributed by atoms with Gasteiger partial charge < -0.3 is 9.80 Å². The summed E-state index contributed by atoms with van der Waals surface area (Å²) in [5.74, 6) is 0.860. The van der Waals surface area contributed by atoms with Gasteiger partial charge in [-0.2, -0.15) is 5.26 Å². The van der Waals surface area contributed by atoms with Crippen LogP contribution in [0.1, 0.15) is 37.3 Å². The first-order valence-electron chi connectivity index (χ1n) is 9.51. The minimum atomic E-state index is -0.0347. The van der Waals surface area contributed by atoms with E-state index in [1.54, 1.807) is 30.6 Å².